The molecule has 0 aromatic rings. The van der Waals surface area contributed by atoms with Crippen molar-refractivity contribution in [3.8, 4) is 0 Å². The van der Waals surface area contributed by atoms with Crippen molar-refractivity contribution in [2.45, 2.75) is 51.4 Å². The fraction of sp³-hybridized carbons (Fsp3) is 0.923. The summed E-state index contributed by atoms with van der Waals surface area (Å²) in [6, 6.07) is 0. The van der Waals surface area contributed by atoms with Gasteiger partial charge in [0.05, 0.1) is 0 Å². The van der Waals surface area contributed by atoms with Crippen molar-refractivity contribution >= 4 is 8.25 Å². The zero-order valence-corrected chi connectivity index (χ0v) is 18.8. The van der Waals surface area contributed by atoms with E-state index in [0.29, 0.717) is 24.9 Å². The van der Waals surface area contributed by atoms with Gasteiger partial charge in [-0.3, -0.25) is 0 Å². The second-order valence-corrected chi connectivity index (χ2v) is 4.96. The Morgan fingerprint density at radius 3 is 1.82 bits per heavy atom. The molecule has 0 amide bonds. The molecule has 0 spiro atoms. The molecule has 0 radical (unpaired) electrons. The van der Waals surface area contributed by atoms with Crippen molar-refractivity contribution in [2.24, 2.45) is 5.92 Å². The Morgan fingerprint density at radius 2 is 1.53 bits per heavy atom. The van der Waals surface area contributed by atoms with Crippen molar-refractivity contribution < 1.29 is 42.0 Å². The molecule has 1 nitrogen and oxygen atoms in total. The first-order valence-electron chi connectivity index (χ1n) is 6.54. The number of nitrogens with zero attached hydrogens (tertiary/aromatic N) is 1. The number of hydrogen-bond acceptors (Lipinski definition) is 1. The first kappa shape index (κ1) is 21.0. The number of hydrogen-bond donors (Lipinski definition) is 0. The van der Waals surface area contributed by atoms with Crippen LogP contribution in [-0.2, 0) is 42.0 Å². The molecular formula is C13H26ClFeHgN+2. The third-order valence-corrected chi connectivity index (χ3v) is 3.13. The molecule has 0 saturated heterocycles. The van der Waals surface area contributed by atoms with Gasteiger partial charge < -0.3 is 11.3 Å². The smallest absolute Gasteiger partial charge is 2.00 e. The molecule has 2 fully saturated rings. The monoisotopic (exact) mass is 489 g/mol. The summed E-state index contributed by atoms with van der Waals surface area (Å²) in [7, 11) is 9.12. The van der Waals surface area contributed by atoms with E-state index < -0.39 is 0 Å². The van der Waals surface area contributed by atoms with Crippen LogP contribution < -0.4 is 0 Å². The second-order valence-electron chi connectivity index (χ2n) is 4.96. The zero-order chi connectivity index (χ0) is 12.2. The Morgan fingerprint density at radius 1 is 1.06 bits per heavy atom. The van der Waals surface area contributed by atoms with Crippen molar-refractivity contribution in [3.63, 3.8) is 0 Å². The van der Waals surface area contributed by atoms with E-state index in [2.05, 4.69) is 25.4 Å². The summed E-state index contributed by atoms with van der Waals surface area (Å²) in [6.07, 6.45) is 14.1. The van der Waals surface area contributed by atoms with Gasteiger partial charge in [0.15, 0.2) is 0 Å². The fourth-order valence-corrected chi connectivity index (χ4v) is 2.37. The maximum Gasteiger partial charge on any atom is 2.00 e. The van der Waals surface area contributed by atoms with E-state index in [9.17, 15) is 0 Å². The average molecular weight is 488 g/mol. The van der Waals surface area contributed by atoms with Gasteiger partial charge in [0.2, 0.25) is 0 Å². The molecule has 2 aliphatic rings. The Labute approximate surface area is 138 Å². The van der Waals surface area contributed by atoms with E-state index in [0.717, 1.165) is 5.92 Å². The first-order chi connectivity index (χ1) is 7.79. The van der Waals surface area contributed by atoms with Gasteiger partial charge in [-0.25, -0.2) is 0 Å². The third-order valence-electron chi connectivity index (χ3n) is 3.13. The Balaban J connectivity index is 0. The predicted octanol–water partition coefficient (Wildman–Crippen LogP) is 4.19. The molecule has 1 unspecified atom stereocenters. The van der Waals surface area contributed by atoms with Gasteiger partial charge in [0.1, 0.15) is 0 Å². The zero-order valence-electron chi connectivity index (χ0n) is 11.4. The summed E-state index contributed by atoms with van der Waals surface area (Å²) in [4.78, 5) is 2.27. The molecule has 0 aromatic heterocycles. The van der Waals surface area contributed by atoms with Crippen LogP contribution in [0.3, 0.4) is 0 Å². The van der Waals surface area contributed by atoms with Gasteiger partial charge in [0, 0.05) is 0 Å². The van der Waals surface area contributed by atoms with Crippen LogP contribution >= 0.6 is 8.25 Å². The van der Waals surface area contributed by atoms with Gasteiger partial charge in [-0.15, -0.1) is 0 Å². The standard InChI is InChI=1S/C8H16N.C5H10.ClH.Fe.Hg/c1-9(2)7-8-5-3-4-6-8;1-2-4-5-3-1;;;/h5,8H,3-4,6-7H2,1-2H3;1-5H2;1H;;/q-1;;;2*+2/p-1. The average Bonchev–Trinajstić information content (AvgIpc) is 2.94. The van der Waals surface area contributed by atoms with Crippen molar-refractivity contribution in [2.75, 3.05) is 20.6 Å². The van der Waals surface area contributed by atoms with Crippen LogP contribution in [0.25, 0.3) is 0 Å². The minimum Gasteiger partial charge on any atom is 2.00 e. The van der Waals surface area contributed by atoms with Crippen LogP contribution in [0.5, 0.6) is 0 Å². The quantitative estimate of drug-likeness (QED) is 0.417. The second kappa shape index (κ2) is 15.8. The molecule has 1 atom stereocenters. The normalized spacial score (nSPS) is 22.1. The van der Waals surface area contributed by atoms with Gasteiger partial charge in [-0.05, 0) is 20.6 Å². The van der Waals surface area contributed by atoms with E-state index >= 15 is 0 Å². The summed E-state index contributed by atoms with van der Waals surface area (Å²) in [6.45, 7) is 1.25. The van der Waals surface area contributed by atoms with Crippen molar-refractivity contribution in [3.05, 3.63) is 6.42 Å². The molecule has 0 bridgehead atoms. The predicted molar refractivity (Wildman–Crippen MR) is 69.1 cm³/mol. The summed E-state index contributed by atoms with van der Waals surface area (Å²) < 4.78 is 0. The molecule has 0 aromatic carbocycles. The summed E-state index contributed by atoms with van der Waals surface area (Å²) in [5.41, 5.74) is 0. The Bertz CT molecular complexity index is 130. The van der Waals surface area contributed by atoms with Gasteiger partial charge >= 0.3 is 50.2 Å². The molecule has 17 heavy (non-hydrogen) atoms. The van der Waals surface area contributed by atoms with Crippen LogP contribution in [0, 0.1) is 12.3 Å². The van der Waals surface area contributed by atoms with Gasteiger partial charge in [-0.2, -0.15) is 12.3 Å². The molecule has 98 valence electrons. The molecule has 2 aliphatic carbocycles. The van der Waals surface area contributed by atoms with Crippen LogP contribution in [0.2, 0.25) is 0 Å². The minimum atomic E-state index is 0. The topological polar surface area (TPSA) is 3.24 Å². The number of rotatable bonds is 2. The maximum atomic E-state index is 4.83. The van der Waals surface area contributed by atoms with Crippen molar-refractivity contribution in [1.29, 1.82) is 0 Å². The fourth-order valence-electron chi connectivity index (χ4n) is 2.37. The van der Waals surface area contributed by atoms with Crippen LogP contribution in [0.4, 0.5) is 0 Å². The van der Waals surface area contributed by atoms with E-state index in [1.807, 2.05) is 0 Å². The largest absolute Gasteiger partial charge is 2.00 e. The molecular weight excluding hydrogens is 462 g/mol. The van der Waals surface area contributed by atoms with E-state index in [-0.39, 0.29) is 17.1 Å². The van der Waals surface area contributed by atoms with E-state index in [4.69, 9.17) is 8.25 Å². The van der Waals surface area contributed by atoms with Crippen LogP contribution in [0.15, 0.2) is 0 Å². The minimum absolute atomic E-state index is 0. The van der Waals surface area contributed by atoms with E-state index in [1.54, 1.807) is 0 Å². The molecule has 2 rings (SSSR count). The Kier molecular flexibility index (Phi) is 19.5. The van der Waals surface area contributed by atoms with Gasteiger partial charge in [-0.1, -0.05) is 44.9 Å². The third kappa shape index (κ3) is 13.9. The SMILES string of the molecule is C1CCCC1.CN(C)CC1[CH-]CCC1.[Cl][Hg+].[Fe+2]. The molecule has 0 heterocycles. The molecule has 0 N–H and O–H groups in total. The molecule has 2 saturated carbocycles. The molecule has 0 aliphatic heterocycles. The van der Waals surface area contributed by atoms with Crippen LogP contribution in [0.1, 0.15) is 51.4 Å². The number of halogens is 1. The van der Waals surface area contributed by atoms with Crippen molar-refractivity contribution in [1.82, 2.24) is 4.90 Å². The molecule has 4 heteroatoms. The summed E-state index contributed by atoms with van der Waals surface area (Å²) in [5, 5.41) is 0. The van der Waals surface area contributed by atoms with Crippen LogP contribution in [-0.4, -0.2) is 25.5 Å². The first-order valence-corrected chi connectivity index (χ1v) is 13.3. The van der Waals surface area contributed by atoms with Gasteiger partial charge in [0.25, 0.3) is 0 Å². The Hall–Kier alpha value is 1.70. The maximum absolute atomic E-state index is 4.83. The van der Waals surface area contributed by atoms with E-state index in [1.165, 1.54) is 57.9 Å². The summed E-state index contributed by atoms with van der Waals surface area (Å²) >= 11 is 0.500. The summed E-state index contributed by atoms with van der Waals surface area (Å²) in [5.74, 6) is 0.889.